The fourth-order valence-electron chi connectivity index (χ4n) is 5.13. The Morgan fingerprint density at radius 2 is 1.62 bits per heavy atom. The molecule has 5 rings (SSSR count). The molecule has 2 fully saturated rings. The normalized spacial score (nSPS) is 21.6. The Morgan fingerprint density at radius 3 is 2.29 bits per heavy atom. The van der Waals surface area contributed by atoms with Crippen LogP contribution in [0.2, 0.25) is 15.1 Å². The summed E-state index contributed by atoms with van der Waals surface area (Å²) in [6, 6.07) is 17.9. The molecule has 5 nitrogen and oxygen atoms in total. The van der Waals surface area contributed by atoms with Crippen LogP contribution in [-0.2, 0) is 0 Å². The number of hydrogen-bond donors (Lipinski definition) is 0. The van der Waals surface area contributed by atoms with E-state index in [0.717, 1.165) is 43.2 Å². The Bertz CT molecular complexity index is 1130. The number of hydrogen-bond acceptors (Lipinski definition) is 4. The lowest BCUT2D eigenvalue weighted by molar-refractivity contribution is 0.0496. The fraction of sp³-hybridized carbons (Fsp3) is 0.346. The van der Waals surface area contributed by atoms with Gasteiger partial charge in [-0.25, -0.2) is 0 Å². The van der Waals surface area contributed by atoms with E-state index in [-0.39, 0.29) is 11.9 Å². The van der Waals surface area contributed by atoms with Gasteiger partial charge in [0, 0.05) is 48.8 Å². The second-order valence-electron chi connectivity index (χ2n) is 8.84. The third-order valence-corrected chi connectivity index (χ3v) is 7.69. The monoisotopic (exact) mass is 517 g/mol. The minimum absolute atomic E-state index is 0.0316. The van der Waals surface area contributed by atoms with Gasteiger partial charge in [-0.3, -0.25) is 9.69 Å². The van der Waals surface area contributed by atoms with Crippen molar-refractivity contribution in [2.45, 2.75) is 24.9 Å². The van der Waals surface area contributed by atoms with Crippen molar-refractivity contribution in [2.24, 2.45) is 0 Å². The predicted octanol–water partition coefficient (Wildman–Crippen LogP) is 6.41. The molecule has 2 aliphatic heterocycles. The molecule has 0 aliphatic carbocycles. The van der Waals surface area contributed by atoms with Gasteiger partial charge in [-0.1, -0.05) is 46.9 Å². The van der Waals surface area contributed by atoms with Gasteiger partial charge >= 0.3 is 0 Å². The van der Waals surface area contributed by atoms with E-state index in [1.165, 1.54) is 5.56 Å². The van der Waals surface area contributed by atoms with Gasteiger partial charge in [-0.2, -0.15) is 0 Å². The standard InChI is InChI=1S/C26H26Cl3N3O2/c27-19-5-3-18(4-6-19)24-17-21(9-10-32(24)23-8-7-20(28)16-22(23)29)30-11-13-31(14-12-30)26(33)25-2-1-15-34-25/h1-8,15-16,21,24H,9-14,17H2. The first-order chi connectivity index (χ1) is 16.5. The van der Waals surface area contributed by atoms with Crippen LogP contribution >= 0.6 is 34.8 Å². The van der Waals surface area contributed by atoms with Gasteiger partial charge in [0.25, 0.3) is 5.91 Å². The zero-order valence-electron chi connectivity index (χ0n) is 18.7. The smallest absolute Gasteiger partial charge is 0.289 e. The van der Waals surface area contributed by atoms with Crippen molar-refractivity contribution >= 4 is 46.4 Å². The van der Waals surface area contributed by atoms with E-state index in [0.29, 0.717) is 34.9 Å². The van der Waals surface area contributed by atoms with Gasteiger partial charge in [-0.05, 0) is 60.9 Å². The maximum absolute atomic E-state index is 12.6. The van der Waals surface area contributed by atoms with Crippen LogP contribution < -0.4 is 4.90 Å². The second kappa shape index (κ2) is 10.2. The van der Waals surface area contributed by atoms with E-state index in [1.807, 2.05) is 29.2 Å². The molecule has 0 saturated carbocycles. The molecule has 34 heavy (non-hydrogen) atoms. The molecule has 8 heteroatoms. The van der Waals surface area contributed by atoms with Crippen LogP contribution in [0.15, 0.2) is 65.3 Å². The number of furan rings is 1. The van der Waals surface area contributed by atoms with Crippen LogP contribution in [0.4, 0.5) is 5.69 Å². The molecule has 2 unspecified atom stereocenters. The average molecular weight is 519 g/mol. The quantitative estimate of drug-likeness (QED) is 0.400. The molecule has 2 saturated heterocycles. The predicted molar refractivity (Wildman–Crippen MR) is 137 cm³/mol. The van der Waals surface area contributed by atoms with Crippen LogP contribution in [0.25, 0.3) is 0 Å². The van der Waals surface area contributed by atoms with E-state index >= 15 is 0 Å². The summed E-state index contributed by atoms with van der Waals surface area (Å²) in [6.07, 6.45) is 3.53. The number of carbonyl (C=O) groups is 1. The number of piperazine rings is 1. The van der Waals surface area contributed by atoms with Crippen LogP contribution in [0.1, 0.15) is 35.0 Å². The van der Waals surface area contributed by atoms with E-state index in [4.69, 9.17) is 39.2 Å². The first kappa shape index (κ1) is 23.6. The molecular formula is C26H26Cl3N3O2. The summed E-state index contributed by atoms with van der Waals surface area (Å²) in [7, 11) is 0. The first-order valence-electron chi connectivity index (χ1n) is 11.5. The third kappa shape index (κ3) is 4.94. The van der Waals surface area contributed by atoms with Crippen molar-refractivity contribution < 1.29 is 9.21 Å². The van der Waals surface area contributed by atoms with E-state index < -0.39 is 0 Å². The molecule has 178 valence electrons. The van der Waals surface area contributed by atoms with Crippen molar-refractivity contribution in [3.8, 4) is 0 Å². The lowest BCUT2D eigenvalue weighted by atomic mass is 9.90. The summed E-state index contributed by atoms with van der Waals surface area (Å²) in [4.78, 5) is 19.4. The summed E-state index contributed by atoms with van der Waals surface area (Å²) in [6.45, 7) is 3.99. The van der Waals surface area contributed by atoms with Gasteiger partial charge in [0.15, 0.2) is 5.76 Å². The van der Waals surface area contributed by atoms with E-state index in [2.05, 4.69) is 21.9 Å². The minimum Gasteiger partial charge on any atom is -0.459 e. The Hall–Kier alpha value is -2.18. The van der Waals surface area contributed by atoms with Crippen LogP contribution in [-0.4, -0.2) is 54.5 Å². The molecule has 1 amide bonds. The molecule has 0 radical (unpaired) electrons. The van der Waals surface area contributed by atoms with E-state index in [9.17, 15) is 4.79 Å². The molecular weight excluding hydrogens is 493 g/mol. The van der Waals surface area contributed by atoms with Crippen molar-refractivity contribution in [2.75, 3.05) is 37.6 Å². The number of amides is 1. The topological polar surface area (TPSA) is 39.9 Å². The lowest BCUT2D eigenvalue weighted by Gasteiger charge is -2.47. The SMILES string of the molecule is O=C(c1ccco1)N1CCN(C2CCN(c3ccc(Cl)cc3Cl)C(c3ccc(Cl)cc3)C2)CC1. The number of nitrogens with zero attached hydrogens (tertiary/aromatic N) is 3. The van der Waals surface area contributed by atoms with Gasteiger partial charge in [0.05, 0.1) is 23.0 Å². The Morgan fingerprint density at radius 1 is 0.882 bits per heavy atom. The van der Waals surface area contributed by atoms with Crippen molar-refractivity contribution in [1.29, 1.82) is 0 Å². The zero-order chi connectivity index (χ0) is 23.7. The highest BCUT2D eigenvalue weighted by molar-refractivity contribution is 6.36. The van der Waals surface area contributed by atoms with Gasteiger partial charge in [-0.15, -0.1) is 0 Å². The molecule has 2 aliphatic rings. The van der Waals surface area contributed by atoms with Crippen molar-refractivity contribution in [1.82, 2.24) is 9.80 Å². The molecule has 3 aromatic rings. The molecule has 0 spiro atoms. The largest absolute Gasteiger partial charge is 0.459 e. The van der Waals surface area contributed by atoms with Crippen molar-refractivity contribution in [3.63, 3.8) is 0 Å². The highest BCUT2D eigenvalue weighted by Crippen LogP contribution is 2.40. The third-order valence-electron chi connectivity index (χ3n) is 6.90. The molecule has 0 bridgehead atoms. The van der Waals surface area contributed by atoms with E-state index in [1.54, 1.807) is 24.5 Å². The highest BCUT2D eigenvalue weighted by Gasteiger charge is 2.35. The maximum atomic E-state index is 12.6. The van der Waals surface area contributed by atoms with Gasteiger partial charge < -0.3 is 14.2 Å². The highest BCUT2D eigenvalue weighted by atomic mass is 35.5. The number of anilines is 1. The molecule has 0 N–H and O–H groups in total. The van der Waals surface area contributed by atoms with Crippen molar-refractivity contribution in [3.05, 3.63) is 87.3 Å². The Labute approximate surface area is 214 Å². The van der Waals surface area contributed by atoms with Gasteiger partial charge in [0.2, 0.25) is 0 Å². The minimum atomic E-state index is -0.0316. The Balaban J connectivity index is 1.32. The molecule has 3 heterocycles. The zero-order valence-corrected chi connectivity index (χ0v) is 20.9. The number of halogens is 3. The van der Waals surface area contributed by atoms with Gasteiger partial charge in [0.1, 0.15) is 0 Å². The summed E-state index contributed by atoms with van der Waals surface area (Å²) in [5.41, 5.74) is 2.21. The maximum Gasteiger partial charge on any atom is 0.289 e. The number of rotatable bonds is 4. The first-order valence-corrected chi connectivity index (χ1v) is 12.7. The number of benzene rings is 2. The summed E-state index contributed by atoms with van der Waals surface area (Å²) in [5, 5.41) is 2.02. The molecule has 2 atom stereocenters. The Kier molecular flexibility index (Phi) is 7.07. The molecule has 1 aromatic heterocycles. The van der Waals surface area contributed by atoms with Crippen LogP contribution in [0.3, 0.4) is 0 Å². The lowest BCUT2D eigenvalue weighted by Crippen LogP contribution is -2.54. The average Bonchev–Trinajstić information content (AvgIpc) is 3.39. The summed E-state index contributed by atoms with van der Waals surface area (Å²) < 4.78 is 5.30. The second-order valence-corrected chi connectivity index (χ2v) is 10.1. The van der Waals surface area contributed by atoms with Crippen LogP contribution in [0.5, 0.6) is 0 Å². The number of carbonyl (C=O) groups excluding carboxylic acids is 1. The number of piperidine rings is 1. The summed E-state index contributed by atoms with van der Waals surface area (Å²) >= 11 is 18.9. The molecule has 2 aromatic carbocycles. The summed E-state index contributed by atoms with van der Waals surface area (Å²) in [5.74, 6) is 0.375. The fourth-order valence-corrected chi connectivity index (χ4v) is 5.77. The van der Waals surface area contributed by atoms with Crippen LogP contribution in [0, 0.1) is 0 Å².